The molecule has 0 unspecified atom stereocenters. The van der Waals surface area contributed by atoms with Crippen LogP contribution in [-0.2, 0) is 6.61 Å². The first-order chi connectivity index (χ1) is 8.69. The van der Waals surface area contributed by atoms with Crippen LogP contribution in [0.2, 0.25) is 0 Å². The van der Waals surface area contributed by atoms with E-state index in [-0.39, 0.29) is 0 Å². The van der Waals surface area contributed by atoms with E-state index in [1.807, 2.05) is 32.0 Å². The van der Waals surface area contributed by atoms with E-state index < -0.39 is 0 Å². The summed E-state index contributed by atoms with van der Waals surface area (Å²) in [6.45, 7) is 4.60. The number of carbonyl (C=O) groups excluding carboxylic acids is 1. The maximum atomic E-state index is 10.5. The summed E-state index contributed by atoms with van der Waals surface area (Å²) in [5, 5.41) is 0. The highest BCUT2D eigenvalue weighted by atomic mass is 16.5. The van der Waals surface area contributed by atoms with Gasteiger partial charge in [0.05, 0.1) is 0 Å². The summed E-state index contributed by atoms with van der Waals surface area (Å²) in [6, 6.07) is 13.6. The van der Waals surface area contributed by atoms with Crippen LogP contribution in [0.5, 0.6) is 5.75 Å². The zero-order valence-electron chi connectivity index (χ0n) is 10.6. The van der Waals surface area contributed by atoms with E-state index in [9.17, 15) is 4.79 Å². The predicted molar refractivity (Wildman–Crippen MR) is 72.1 cm³/mol. The molecule has 92 valence electrons. The Labute approximate surface area is 107 Å². The van der Waals surface area contributed by atoms with Gasteiger partial charge in [0.25, 0.3) is 0 Å². The number of hydrogen-bond acceptors (Lipinski definition) is 2. The number of hydrogen-bond donors (Lipinski definition) is 0. The lowest BCUT2D eigenvalue weighted by atomic mass is 10.1. The van der Waals surface area contributed by atoms with Crippen molar-refractivity contribution in [3.05, 3.63) is 64.7 Å². The fourth-order valence-electron chi connectivity index (χ4n) is 1.72. The lowest BCUT2D eigenvalue weighted by Crippen LogP contribution is -1.97. The first-order valence-corrected chi connectivity index (χ1v) is 5.93. The first kappa shape index (κ1) is 12.4. The summed E-state index contributed by atoms with van der Waals surface area (Å²) in [7, 11) is 0. The molecule has 0 N–H and O–H groups in total. The Morgan fingerprint density at radius 3 is 2.44 bits per heavy atom. The molecule has 0 aliphatic carbocycles. The maximum absolute atomic E-state index is 10.5. The van der Waals surface area contributed by atoms with Crippen molar-refractivity contribution in [3.63, 3.8) is 0 Å². The molecule has 0 aliphatic heterocycles. The third-order valence-corrected chi connectivity index (χ3v) is 2.85. The molecule has 2 aromatic rings. The van der Waals surface area contributed by atoms with Crippen molar-refractivity contribution in [1.29, 1.82) is 0 Å². The van der Waals surface area contributed by atoms with Crippen LogP contribution >= 0.6 is 0 Å². The van der Waals surface area contributed by atoms with Crippen molar-refractivity contribution < 1.29 is 9.53 Å². The number of rotatable bonds is 4. The van der Waals surface area contributed by atoms with E-state index in [1.165, 1.54) is 5.56 Å². The fourth-order valence-corrected chi connectivity index (χ4v) is 1.72. The van der Waals surface area contributed by atoms with Gasteiger partial charge in [-0.3, -0.25) is 4.79 Å². The Kier molecular flexibility index (Phi) is 3.78. The third-order valence-electron chi connectivity index (χ3n) is 2.85. The van der Waals surface area contributed by atoms with Gasteiger partial charge in [0, 0.05) is 5.56 Å². The number of carbonyl (C=O) groups is 1. The SMILES string of the molecule is Cc1ccc(C)c(OCc2ccc(C=O)cc2)c1. The summed E-state index contributed by atoms with van der Waals surface area (Å²) >= 11 is 0. The molecule has 2 nitrogen and oxygen atoms in total. The van der Waals surface area contributed by atoms with Crippen LogP contribution in [0.4, 0.5) is 0 Å². The fraction of sp³-hybridized carbons (Fsp3) is 0.188. The van der Waals surface area contributed by atoms with Gasteiger partial charge in [0.2, 0.25) is 0 Å². The Hall–Kier alpha value is -2.09. The maximum Gasteiger partial charge on any atom is 0.150 e. The summed E-state index contributed by atoms with van der Waals surface area (Å²) in [4.78, 5) is 10.5. The van der Waals surface area contributed by atoms with Gasteiger partial charge < -0.3 is 4.74 Å². The largest absolute Gasteiger partial charge is 0.489 e. The van der Waals surface area contributed by atoms with E-state index >= 15 is 0 Å². The normalized spacial score (nSPS) is 10.1. The Balaban J connectivity index is 2.06. The lowest BCUT2D eigenvalue weighted by Gasteiger charge is -2.10. The highest BCUT2D eigenvalue weighted by Crippen LogP contribution is 2.20. The van der Waals surface area contributed by atoms with E-state index in [2.05, 4.69) is 12.1 Å². The van der Waals surface area contributed by atoms with Gasteiger partial charge in [0.15, 0.2) is 0 Å². The van der Waals surface area contributed by atoms with Crippen molar-refractivity contribution >= 4 is 6.29 Å². The molecule has 0 amide bonds. The Morgan fingerprint density at radius 1 is 1.06 bits per heavy atom. The molecule has 0 spiro atoms. The second-order valence-corrected chi connectivity index (χ2v) is 4.42. The van der Waals surface area contributed by atoms with Gasteiger partial charge in [-0.25, -0.2) is 0 Å². The summed E-state index contributed by atoms with van der Waals surface area (Å²) in [5.74, 6) is 0.912. The average molecular weight is 240 g/mol. The molecule has 0 radical (unpaired) electrons. The van der Waals surface area contributed by atoms with E-state index in [0.717, 1.165) is 23.2 Å². The predicted octanol–water partition coefficient (Wildman–Crippen LogP) is 3.69. The van der Waals surface area contributed by atoms with Gasteiger partial charge in [-0.15, -0.1) is 0 Å². The first-order valence-electron chi connectivity index (χ1n) is 5.93. The summed E-state index contributed by atoms with van der Waals surface area (Å²) in [5.41, 5.74) is 4.06. The van der Waals surface area contributed by atoms with E-state index in [0.29, 0.717) is 12.2 Å². The van der Waals surface area contributed by atoms with Crippen molar-refractivity contribution in [3.8, 4) is 5.75 Å². The van der Waals surface area contributed by atoms with Crippen molar-refractivity contribution in [1.82, 2.24) is 0 Å². The lowest BCUT2D eigenvalue weighted by molar-refractivity contribution is 0.112. The molecule has 2 aromatic carbocycles. The molecule has 0 heterocycles. The molecule has 0 atom stereocenters. The number of aldehydes is 1. The number of aryl methyl sites for hydroxylation is 2. The monoisotopic (exact) mass is 240 g/mol. The minimum absolute atomic E-state index is 0.517. The summed E-state index contributed by atoms with van der Waals surface area (Å²) < 4.78 is 5.79. The van der Waals surface area contributed by atoms with Crippen LogP contribution in [0, 0.1) is 13.8 Å². The molecule has 2 heteroatoms. The molecule has 0 saturated heterocycles. The van der Waals surface area contributed by atoms with Crippen molar-refractivity contribution in [2.75, 3.05) is 0 Å². The quantitative estimate of drug-likeness (QED) is 0.762. The van der Waals surface area contributed by atoms with Gasteiger partial charge in [0.1, 0.15) is 18.6 Å². The van der Waals surface area contributed by atoms with Crippen LogP contribution in [0.15, 0.2) is 42.5 Å². The standard InChI is InChI=1S/C16H16O2/c1-12-3-4-13(2)16(9-12)18-11-15-7-5-14(10-17)6-8-15/h3-10H,11H2,1-2H3. The Bertz CT molecular complexity index is 542. The van der Waals surface area contributed by atoms with Crippen LogP contribution < -0.4 is 4.74 Å². The average Bonchev–Trinajstić information content (AvgIpc) is 2.40. The van der Waals surface area contributed by atoms with E-state index in [4.69, 9.17) is 4.74 Å². The minimum Gasteiger partial charge on any atom is -0.489 e. The molecular weight excluding hydrogens is 224 g/mol. The van der Waals surface area contributed by atoms with Gasteiger partial charge >= 0.3 is 0 Å². The van der Waals surface area contributed by atoms with E-state index in [1.54, 1.807) is 12.1 Å². The number of ether oxygens (including phenoxy) is 1. The minimum atomic E-state index is 0.517. The van der Waals surface area contributed by atoms with Crippen LogP contribution in [0.3, 0.4) is 0 Å². The molecule has 2 rings (SSSR count). The van der Waals surface area contributed by atoms with Crippen molar-refractivity contribution in [2.45, 2.75) is 20.5 Å². The smallest absolute Gasteiger partial charge is 0.150 e. The second-order valence-electron chi connectivity index (χ2n) is 4.42. The second kappa shape index (κ2) is 5.50. The highest BCUT2D eigenvalue weighted by molar-refractivity contribution is 5.74. The van der Waals surface area contributed by atoms with Gasteiger partial charge in [-0.2, -0.15) is 0 Å². The zero-order valence-corrected chi connectivity index (χ0v) is 10.6. The van der Waals surface area contributed by atoms with Crippen LogP contribution in [0.25, 0.3) is 0 Å². The molecule has 0 aromatic heterocycles. The van der Waals surface area contributed by atoms with Gasteiger partial charge in [-0.1, -0.05) is 36.4 Å². The Morgan fingerprint density at radius 2 is 1.78 bits per heavy atom. The molecule has 0 aliphatic rings. The zero-order chi connectivity index (χ0) is 13.0. The van der Waals surface area contributed by atoms with Crippen LogP contribution in [-0.4, -0.2) is 6.29 Å². The highest BCUT2D eigenvalue weighted by Gasteiger charge is 2.01. The number of benzene rings is 2. The molecular formula is C16H16O2. The summed E-state index contributed by atoms with van der Waals surface area (Å²) in [6.07, 6.45) is 0.843. The molecule has 0 bridgehead atoms. The van der Waals surface area contributed by atoms with Crippen molar-refractivity contribution in [2.24, 2.45) is 0 Å². The molecule has 0 saturated carbocycles. The van der Waals surface area contributed by atoms with Gasteiger partial charge in [-0.05, 0) is 36.6 Å². The topological polar surface area (TPSA) is 26.3 Å². The molecule has 18 heavy (non-hydrogen) atoms. The molecule has 0 fully saturated rings. The third kappa shape index (κ3) is 2.98. The van der Waals surface area contributed by atoms with Crippen LogP contribution in [0.1, 0.15) is 27.0 Å².